The lowest BCUT2D eigenvalue weighted by atomic mass is 9.97. The number of aliphatic hydroxyl groups is 8. The Balaban J connectivity index is 1.63. The average Bonchev–Trinajstić information content (AvgIpc) is 0.790. The number of hydrogen-bond acceptors (Lipinski definition) is 13. The Labute approximate surface area is 621 Å². The van der Waals surface area contributed by atoms with Gasteiger partial charge in [0.25, 0.3) is 0 Å². The molecule has 0 saturated carbocycles. The summed E-state index contributed by atoms with van der Waals surface area (Å²) in [5.41, 5.74) is 0. The van der Waals surface area contributed by atoms with E-state index in [0.29, 0.717) is 12.8 Å². The van der Waals surface area contributed by atoms with Crippen molar-refractivity contribution in [1.29, 1.82) is 0 Å². The van der Waals surface area contributed by atoms with E-state index in [0.717, 1.165) is 96.3 Å². The number of hydrogen-bond donors (Lipinski definition) is 9. The Kier molecular flexibility index (Phi) is 64.8. The third-order valence-corrected chi connectivity index (χ3v) is 19.3. The zero-order valence-electron chi connectivity index (χ0n) is 64.3. The van der Waals surface area contributed by atoms with Gasteiger partial charge in [-0.2, -0.15) is 0 Å². The van der Waals surface area contributed by atoms with E-state index in [-0.39, 0.29) is 18.9 Å². The molecule has 2 aliphatic rings. The van der Waals surface area contributed by atoms with E-state index in [9.17, 15) is 45.6 Å². The summed E-state index contributed by atoms with van der Waals surface area (Å²) in [4.78, 5) is 13.4. The minimum absolute atomic E-state index is 0.254. The number of ether oxygens (including phenoxy) is 4. The predicted molar refractivity (Wildman–Crippen MR) is 424 cm³/mol. The Hall–Kier alpha value is -3.87. The van der Waals surface area contributed by atoms with E-state index in [1.165, 1.54) is 193 Å². The lowest BCUT2D eigenvalue weighted by Gasteiger charge is -2.46. The first kappa shape index (κ1) is 94.2. The highest BCUT2D eigenvalue weighted by atomic mass is 16.7. The number of rotatable bonds is 68. The fourth-order valence-electron chi connectivity index (χ4n) is 12.8. The van der Waals surface area contributed by atoms with Crippen molar-refractivity contribution in [3.8, 4) is 0 Å². The first-order valence-corrected chi connectivity index (χ1v) is 41.4. The van der Waals surface area contributed by atoms with Crippen LogP contribution in [0, 0.1) is 0 Å². The molecule has 14 nitrogen and oxygen atoms in total. The summed E-state index contributed by atoms with van der Waals surface area (Å²) in [5.74, 6) is -0.254. The summed E-state index contributed by atoms with van der Waals surface area (Å²) in [6.07, 6.45) is 88.2. The van der Waals surface area contributed by atoms with Crippen molar-refractivity contribution in [2.24, 2.45) is 0 Å². The molecular weight excluding hydrogens is 1280 g/mol. The van der Waals surface area contributed by atoms with Gasteiger partial charge < -0.3 is 65.1 Å². The summed E-state index contributed by atoms with van der Waals surface area (Å²) in [5, 5.41) is 87.7. The molecule has 2 fully saturated rings. The van der Waals surface area contributed by atoms with E-state index in [4.69, 9.17) is 18.9 Å². The normalized spacial score (nSPS) is 22.4. The smallest absolute Gasteiger partial charge is 0.220 e. The Morgan fingerprint density at radius 3 is 1.08 bits per heavy atom. The van der Waals surface area contributed by atoms with E-state index in [1.807, 2.05) is 6.08 Å². The average molecular weight is 1430 g/mol. The molecule has 2 saturated heterocycles. The Morgan fingerprint density at radius 2 is 0.686 bits per heavy atom. The van der Waals surface area contributed by atoms with Gasteiger partial charge >= 0.3 is 0 Å². The lowest BCUT2D eigenvalue weighted by molar-refractivity contribution is -0.359. The maximum absolute atomic E-state index is 13.4. The molecule has 12 unspecified atom stereocenters. The highest BCUT2D eigenvalue weighted by Gasteiger charge is 2.51. The standard InChI is InChI=1S/C88H151NO13/c1-3-5-7-9-11-13-15-17-19-21-23-25-27-29-31-33-34-35-36-37-38-39-40-41-42-44-46-48-50-52-54-56-58-60-62-64-66-68-70-72-80(93)89-76(75-99-87-85(98)83(96)86(79(74-91)101-87)102-88-84(97)82(95)81(94)78(73-90)100-88)77(92)71-69-67-65-63-61-59-57-55-53-51-49-47-45-43-32-30-28-26-24-22-20-18-16-14-12-10-8-6-4-2/h5,7,11,13,17,19,23,25,29,31,34-35,37-38,40-41,44,46,61,63,69,71,76-79,81-88,90-92,94-98H,3-4,6,8-10,12,14-16,18,20-22,24,26-28,30,32-33,36,39,42-43,45,47-60,62,64-68,70,72-75H2,1-2H3,(H,89,93)/b7-5-,13-11-,19-17-,25-23-,31-29-,35-34-,38-37-,41-40-,46-44-,63-61+,71-69+. The summed E-state index contributed by atoms with van der Waals surface area (Å²) >= 11 is 0. The van der Waals surface area contributed by atoms with Gasteiger partial charge in [0.05, 0.1) is 32.0 Å². The minimum atomic E-state index is -1.80. The molecule has 0 aromatic heterocycles. The number of allylic oxidation sites excluding steroid dienone is 21. The lowest BCUT2D eigenvalue weighted by Crippen LogP contribution is -2.65. The highest BCUT2D eigenvalue weighted by molar-refractivity contribution is 5.76. The molecular formula is C88H151NO13. The number of carbonyl (C=O) groups is 1. The van der Waals surface area contributed by atoms with Crippen molar-refractivity contribution < 1.29 is 64.6 Å². The van der Waals surface area contributed by atoms with Crippen LogP contribution >= 0.6 is 0 Å². The van der Waals surface area contributed by atoms with Crippen molar-refractivity contribution in [3.05, 3.63) is 134 Å². The summed E-state index contributed by atoms with van der Waals surface area (Å²) in [6.45, 7) is 2.70. The van der Waals surface area contributed by atoms with Crippen LogP contribution in [0.15, 0.2) is 134 Å². The van der Waals surface area contributed by atoms with E-state index >= 15 is 0 Å². The number of carbonyl (C=O) groups excluding carboxylic acids is 1. The second-order valence-corrected chi connectivity index (χ2v) is 28.5. The maximum Gasteiger partial charge on any atom is 0.220 e. The zero-order chi connectivity index (χ0) is 73.7. The van der Waals surface area contributed by atoms with Crippen LogP contribution in [0.1, 0.15) is 322 Å². The van der Waals surface area contributed by atoms with Gasteiger partial charge in [0.15, 0.2) is 12.6 Å². The van der Waals surface area contributed by atoms with Gasteiger partial charge in [-0.05, 0) is 103 Å². The van der Waals surface area contributed by atoms with Crippen LogP contribution in [0.5, 0.6) is 0 Å². The van der Waals surface area contributed by atoms with E-state index in [1.54, 1.807) is 6.08 Å². The van der Waals surface area contributed by atoms with Crippen LogP contribution < -0.4 is 5.32 Å². The molecule has 14 heteroatoms. The maximum atomic E-state index is 13.4. The third kappa shape index (κ3) is 52.2. The molecule has 12 atom stereocenters. The molecule has 9 N–H and O–H groups in total. The molecule has 2 heterocycles. The molecule has 0 aliphatic carbocycles. The van der Waals surface area contributed by atoms with Crippen molar-refractivity contribution in [3.63, 3.8) is 0 Å². The molecule has 1 amide bonds. The molecule has 102 heavy (non-hydrogen) atoms. The van der Waals surface area contributed by atoms with Crippen molar-refractivity contribution in [2.75, 3.05) is 19.8 Å². The number of unbranched alkanes of at least 4 members (excludes halogenated alkanes) is 35. The molecule has 586 valence electrons. The summed E-state index contributed by atoms with van der Waals surface area (Å²) in [6, 6.07) is -0.944. The van der Waals surface area contributed by atoms with Gasteiger partial charge in [-0.25, -0.2) is 0 Å². The van der Waals surface area contributed by atoms with Crippen LogP contribution in [0.3, 0.4) is 0 Å². The van der Waals surface area contributed by atoms with E-state index < -0.39 is 86.8 Å². The van der Waals surface area contributed by atoms with Gasteiger partial charge in [0.1, 0.15) is 48.8 Å². The SMILES string of the molecule is CC/C=C\C/C=C\C/C=C\C/C=C\C/C=C\C/C=C\C/C=C\C/C=C\C/C=C\CCCCCCCCCCCCCC(=O)NC(COC1OC(CO)C(OC2OC(CO)C(O)C(O)C2O)C(O)C1O)C(O)/C=C/CC/C=C/CCCCCCCCCCCCCCCCCCCCCCCCC. The van der Waals surface area contributed by atoms with Gasteiger partial charge in [-0.1, -0.05) is 347 Å². The van der Waals surface area contributed by atoms with Gasteiger partial charge in [0.2, 0.25) is 5.91 Å². The van der Waals surface area contributed by atoms with Crippen molar-refractivity contribution in [2.45, 2.75) is 396 Å². The second-order valence-electron chi connectivity index (χ2n) is 28.5. The van der Waals surface area contributed by atoms with Crippen molar-refractivity contribution >= 4 is 5.91 Å². The highest BCUT2D eigenvalue weighted by Crippen LogP contribution is 2.30. The Morgan fingerprint density at radius 1 is 0.363 bits per heavy atom. The fourth-order valence-corrected chi connectivity index (χ4v) is 12.8. The molecule has 2 rings (SSSR count). The molecule has 2 aliphatic heterocycles. The molecule has 0 aromatic carbocycles. The van der Waals surface area contributed by atoms with Gasteiger partial charge in [-0.3, -0.25) is 4.79 Å². The zero-order valence-corrected chi connectivity index (χ0v) is 64.3. The second kappa shape index (κ2) is 70.1. The first-order valence-electron chi connectivity index (χ1n) is 41.4. The Bertz CT molecular complexity index is 2230. The molecule has 0 spiro atoms. The minimum Gasteiger partial charge on any atom is -0.394 e. The van der Waals surface area contributed by atoms with Crippen molar-refractivity contribution in [1.82, 2.24) is 5.32 Å². The number of aliphatic hydroxyl groups excluding tert-OH is 8. The van der Waals surface area contributed by atoms with Crippen LogP contribution in [0.2, 0.25) is 0 Å². The quantitative estimate of drug-likeness (QED) is 0.0204. The topological polar surface area (TPSA) is 228 Å². The van der Waals surface area contributed by atoms with E-state index in [2.05, 4.69) is 141 Å². The molecule has 0 bridgehead atoms. The molecule has 0 aromatic rings. The monoisotopic (exact) mass is 1430 g/mol. The number of amides is 1. The van der Waals surface area contributed by atoms with Crippen LogP contribution in [-0.4, -0.2) is 140 Å². The summed E-state index contributed by atoms with van der Waals surface area (Å²) in [7, 11) is 0. The molecule has 0 radical (unpaired) electrons. The first-order chi connectivity index (χ1) is 50.1. The fraction of sp³-hybridized carbons (Fsp3) is 0.739. The predicted octanol–water partition coefficient (Wildman–Crippen LogP) is 19.4. The number of nitrogens with one attached hydrogen (secondary N) is 1. The van der Waals surface area contributed by atoms with Crippen LogP contribution in [0.25, 0.3) is 0 Å². The third-order valence-electron chi connectivity index (χ3n) is 19.3. The van der Waals surface area contributed by atoms with Crippen LogP contribution in [0.4, 0.5) is 0 Å². The van der Waals surface area contributed by atoms with Gasteiger partial charge in [-0.15, -0.1) is 0 Å². The van der Waals surface area contributed by atoms with Gasteiger partial charge in [0, 0.05) is 6.42 Å². The largest absolute Gasteiger partial charge is 0.394 e. The van der Waals surface area contributed by atoms with Crippen LogP contribution in [-0.2, 0) is 23.7 Å². The summed E-state index contributed by atoms with van der Waals surface area (Å²) < 4.78 is 22.9.